The van der Waals surface area contributed by atoms with Crippen LogP contribution in [-0.4, -0.2) is 32.0 Å². The summed E-state index contributed by atoms with van der Waals surface area (Å²) in [6, 6.07) is 81.8. The predicted octanol–water partition coefficient (Wildman–Crippen LogP) is 18.2. The molecule has 0 N–H and O–H groups in total. The van der Waals surface area contributed by atoms with E-state index in [0.717, 1.165) is 121 Å². The Morgan fingerprint density at radius 3 is 1.77 bits per heavy atom. The van der Waals surface area contributed by atoms with Gasteiger partial charge in [-0.05, 0) is 115 Å². The van der Waals surface area contributed by atoms with Gasteiger partial charge >= 0.3 is 0 Å². The second-order valence-electron chi connectivity index (χ2n) is 21.0. The van der Waals surface area contributed by atoms with Crippen molar-refractivity contribution < 1.29 is 19.0 Å². The van der Waals surface area contributed by atoms with Gasteiger partial charge in [-0.3, -0.25) is 4.84 Å². The van der Waals surface area contributed by atoms with Gasteiger partial charge in [0, 0.05) is 36.0 Å². The number of benzene rings is 10. The summed E-state index contributed by atoms with van der Waals surface area (Å²) in [5, 5.41) is 8.76. The number of methoxy groups -OCH3 is 1. The lowest BCUT2D eigenvalue weighted by Gasteiger charge is -2.66. The van der Waals surface area contributed by atoms with E-state index in [1.165, 1.54) is 22.3 Å². The third-order valence-corrected chi connectivity index (χ3v) is 16.6. The number of unbranched alkanes of at least 4 members (excludes halogenated alkanes) is 4. The molecule has 1 aliphatic carbocycles. The van der Waals surface area contributed by atoms with E-state index in [9.17, 15) is 0 Å². The largest absolute Gasteiger partial charge is 0.365 e. The van der Waals surface area contributed by atoms with Crippen molar-refractivity contribution in [2.24, 2.45) is 0 Å². The van der Waals surface area contributed by atoms with E-state index in [0.29, 0.717) is 19.6 Å². The maximum absolute atomic E-state index is 8.48. The third kappa shape index (κ3) is 8.21. The average Bonchev–Trinajstić information content (AvgIpc) is 3.02. The summed E-state index contributed by atoms with van der Waals surface area (Å²) in [4.78, 5) is 8.01. The molecule has 3 unspecified atom stereocenters. The molecule has 2 aliphatic rings. The summed E-state index contributed by atoms with van der Waals surface area (Å²) in [6.45, 7) is 7.74. The molecular formula is C73H69NO4. The molecular weight excluding hydrogens is 955 g/mol. The molecule has 12 rings (SSSR count). The summed E-state index contributed by atoms with van der Waals surface area (Å²) >= 11 is 0. The van der Waals surface area contributed by atoms with E-state index in [-0.39, 0.29) is 6.61 Å². The number of hydroxylamine groups is 2. The van der Waals surface area contributed by atoms with Crippen LogP contribution in [-0.2, 0) is 42.4 Å². The first-order chi connectivity index (χ1) is 38.5. The molecule has 0 amide bonds. The summed E-state index contributed by atoms with van der Waals surface area (Å²) in [6.07, 6.45) is 6.44. The number of hydrogen-bond donors (Lipinski definition) is 0. The quantitative estimate of drug-likeness (QED) is 0.0596. The average molecular weight is 1020 g/mol. The molecule has 1 heterocycles. The van der Waals surface area contributed by atoms with Crippen LogP contribution >= 0.6 is 0 Å². The first-order valence-corrected chi connectivity index (χ1v) is 28.4. The van der Waals surface area contributed by atoms with Gasteiger partial charge in [-0.2, -0.15) is 0 Å². The number of hydrogen-bond acceptors (Lipinski definition) is 5. The van der Waals surface area contributed by atoms with E-state index in [1.54, 1.807) is 0 Å². The molecule has 0 radical (unpaired) electrons. The molecule has 390 valence electrons. The fourth-order valence-corrected chi connectivity index (χ4v) is 13.3. The van der Waals surface area contributed by atoms with Crippen LogP contribution in [0, 0.1) is 0 Å². The lowest BCUT2D eigenvalue weighted by Crippen LogP contribution is -2.73. The van der Waals surface area contributed by atoms with Crippen molar-refractivity contribution in [2.75, 3.05) is 26.9 Å². The van der Waals surface area contributed by atoms with Crippen LogP contribution in [0.3, 0.4) is 0 Å². The normalized spacial score (nSPS) is 18.9. The topological polar surface area (TPSA) is 40.2 Å². The molecule has 0 aromatic heterocycles. The van der Waals surface area contributed by atoms with Crippen LogP contribution in [0.1, 0.15) is 98.2 Å². The zero-order valence-electron chi connectivity index (χ0n) is 45.5. The van der Waals surface area contributed by atoms with Crippen LogP contribution in [0.25, 0.3) is 65.8 Å². The van der Waals surface area contributed by atoms with Crippen molar-refractivity contribution in [1.82, 2.24) is 5.06 Å². The lowest BCUT2D eigenvalue weighted by molar-refractivity contribution is -0.394. The van der Waals surface area contributed by atoms with Gasteiger partial charge in [0.1, 0.15) is 0 Å². The van der Waals surface area contributed by atoms with Gasteiger partial charge in [0.15, 0.2) is 11.2 Å². The highest BCUT2D eigenvalue weighted by Crippen LogP contribution is 2.71. The molecule has 5 nitrogen and oxygen atoms in total. The second-order valence-corrected chi connectivity index (χ2v) is 21.0. The first-order valence-electron chi connectivity index (χ1n) is 28.4. The van der Waals surface area contributed by atoms with Crippen LogP contribution in [0.5, 0.6) is 0 Å². The lowest BCUT2D eigenvalue weighted by atomic mass is 9.56. The summed E-state index contributed by atoms with van der Waals surface area (Å²) in [7, 11) is 1.91. The highest BCUT2D eigenvalue weighted by Gasteiger charge is 2.77. The number of fused-ring (bicyclic) bond motifs is 6. The minimum atomic E-state index is -1.67. The Kier molecular flexibility index (Phi) is 14.4. The van der Waals surface area contributed by atoms with Gasteiger partial charge in [0.2, 0.25) is 5.72 Å². The Balaban J connectivity index is 1.40. The van der Waals surface area contributed by atoms with Gasteiger partial charge in [-0.25, -0.2) is 5.06 Å². The van der Waals surface area contributed by atoms with Gasteiger partial charge in [-0.1, -0.05) is 252 Å². The smallest absolute Gasteiger partial charge is 0.228 e. The molecule has 78 heavy (non-hydrogen) atoms. The molecule has 10 aromatic rings. The zero-order chi connectivity index (χ0) is 53.1. The molecule has 3 atom stereocenters. The van der Waals surface area contributed by atoms with E-state index < -0.39 is 16.9 Å². The van der Waals surface area contributed by atoms with E-state index in [1.807, 2.05) is 7.11 Å². The van der Waals surface area contributed by atoms with E-state index in [2.05, 4.69) is 250 Å². The van der Waals surface area contributed by atoms with Crippen molar-refractivity contribution in [3.8, 4) is 22.3 Å². The van der Waals surface area contributed by atoms with Crippen molar-refractivity contribution in [3.63, 3.8) is 0 Å². The SMILES string of the molecule is CCCCCCON1C(c2ccccc2)=C(c2ccccc2-c2ccccc2)C(OC)(c2cccc3ccccc23)C(OCC)(c2cccc3cc4ccccc4cc23)C1(OCCCC)c1cccc2c1Cc1ccccc1-2. The number of rotatable bonds is 19. The molecule has 0 saturated heterocycles. The monoisotopic (exact) mass is 1020 g/mol. The third-order valence-electron chi connectivity index (χ3n) is 16.6. The van der Waals surface area contributed by atoms with E-state index >= 15 is 0 Å². The highest BCUT2D eigenvalue weighted by atomic mass is 16.7. The fourth-order valence-electron chi connectivity index (χ4n) is 13.3. The predicted molar refractivity (Wildman–Crippen MR) is 322 cm³/mol. The molecule has 5 heteroatoms. The van der Waals surface area contributed by atoms with Crippen molar-refractivity contribution in [2.45, 2.75) is 82.6 Å². The molecule has 0 saturated carbocycles. The van der Waals surface area contributed by atoms with Crippen molar-refractivity contribution >= 4 is 43.6 Å². The molecule has 0 spiro atoms. The summed E-state index contributed by atoms with van der Waals surface area (Å²) in [5.74, 6) is 0. The minimum Gasteiger partial charge on any atom is -0.365 e. The zero-order valence-corrected chi connectivity index (χ0v) is 45.5. The second kappa shape index (κ2) is 22.0. The minimum absolute atomic E-state index is 0.284. The number of ether oxygens (including phenoxy) is 3. The van der Waals surface area contributed by atoms with Crippen molar-refractivity contribution in [3.05, 3.63) is 263 Å². The van der Waals surface area contributed by atoms with Gasteiger partial charge < -0.3 is 14.2 Å². The van der Waals surface area contributed by atoms with Gasteiger partial charge in [0.25, 0.3) is 0 Å². The molecule has 0 bridgehead atoms. The fraction of sp³-hybridized carbons (Fsp3) is 0.233. The maximum atomic E-state index is 8.48. The molecule has 0 fully saturated rings. The summed E-state index contributed by atoms with van der Waals surface area (Å²) < 4.78 is 25.1. The van der Waals surface area contributed by atoms with Gasteiger partial charge in [0.05, 0.1) is 18.9 Å². The van der Waals surface area contributed by atoms with Crippen LogP contribution < -0.4 is 0 Å². The van der Waals surface area contributed by atoms with Gasteiger partial charge in [-0.15, -0.1) is 0 Å². The van der Waals surface area contributed by atoms with E-state index in [4.69, 9.17) is 19.0 Å². The Morgan fingerprint density at radius 1 is 0.436 bits per heavy atom. The van der Waals surface area contributed by atoms with Crippen LogP contribution in [0.15, 0.2) is 224 Å². The number of nitrogens with zero attached hydrogens (tertiary/aromatic N) is 1. The molecule has 10 aromatic carbocycles. The van der Waals surface area contributed by atoms with Crippen molar-refractivity contribution in [1.29, 1.82) is 0 Å². The Bertz CT molecular complexity index is 3790. The van der Waals surface area contributed by atoms with Crippen LogP contribution in [0.4, 0.5) is 0 Å². The Labute approximate surface area is 460 Å². The highest BCUT2D eigenvalue weighted by molar-refractivity contribution is 6.05. The maximum Gasteiger partial charge on any atom is 0.228 e. The van der Waals surface area contributed by atoms with Crippen LogP contribution in [0.2, 0.25) is 0 Å². The first kappa shape index (κ1) is 51.1. The Hall–Kier alpha value is -7.64. The Morgan fingerprint density at radius 2 is 1.03 bits per heavy atom. The standard InChI is InChI=1S/C73H69NO4/c1-5-8-10-25-48-78-74-70(54-32-15-12-16-33-54)69(63-42-24-23-39-59(63)52-29-13-11-14-30-52)71(75-4,66-44-26-37-53-31-19-22-41-61(53)66)72(76-7-3,67-45-27-38-57-49-55-34-17-18-35-56(55)50-64(57)67)73(74,77-47-9-6-2)68-46-28-43-62-60-40-21-20-36-58(60)51-65(62)68/h11-24,26-46,49-50H,5-10,25,47-48,51H2,1-4H3. The summed E-state index contributed by atoms with van der Waals surface area (Å²) in [5.41, 5.74) is 8.60. The molecule has 1 aliphatic heterocycles.